The van der Waals surface area contributed by atoms with E-state index in [2.05, 4.69) is 23.7 Å². The minimum absolute atomic E-state index is 0.0889. The Balaban J connectivity index is 1.51. The Labute approximate surface area is 159 Å². The highest BCUT2D eigenvalue weighted by molar-refractivity contribution is 6.03. The van der Waals surface area contributed by atoms with Crippen molar-refractivity contribution in [3.8, 4) is 0 Å². The first-order chi connectivity index (χ1) is 12.9. The van der Waals surface area contributed by atoms with Crippen LogP contribution >= 0.6 is 0 Å². The van der Waals surface area contributed by atoms with E-state index >= 15 is 0 Å². The fourth-order valence-electron chi connectivity index (χ4n) is 4.16. The summed E-state index contributed by atoms with van der Waals surface area (Å²) in [5, 5.41) is 0. The maximum Gasteiger partial charge on any atom is 0.290 e. The van der Waals surface area contributed by atoms with E-state index < -0.39 is 0 Å². The molecule has 2 aromatic rings. The number of furan rings is 1. The number of rotatable bonds is 2. The number of carbonyl (C=O) groups is 2. The van der Waals surface area contributed by atoms with Crippen molar-refractivity contribution in [1.82, 2.24) is 4.90 Å². The quantitative estimate of drug-likeness (QED) is 0.817. The molecule has 2 aliphatic rings. The van der Waals surface area contributed by atoms with E-state index in [9.17, 15) is 9.59 Å². The summed E-state index contributed by atoms with van der Waals surface area (Å²) in [7, 11) is 0. The van der Waals surface area contributed by atoms with Gasteiger partial charge < -0.3 is 9.32 Å². The van der Waals surface area contributed by atoms with Crippen molar-refractivity contribution in [2.24, 2.45) is 5.41 Å². The van der Waals surface area contributed by atoms with Gasteiger partial charge in [-0.25, -0.2) is 4.98 Å². The Bertz CT molecular complexity index is 878. The van der Waals surface area contributed by atoms with E-state index in [1.54, 1.807) is 0 Å². The number of Topliss-reactive ketones (excluding diaryl/α,β-unsaturated/α-hetero) is 1. The molecular weight excluding hydrogens is 342 g/mol. The van der Waals surface area contributed by atoms with Crippen LogP contribution in [0, 0.1) is 12.3 Å². The van der Waals surface area contributed by atoms with Gasteiger partial charge in [0, 0.05) is 24.5 Å². The molecule has 2 aromatic heterocycles. The maximum atomic E-state index is 13.0. The number of nitrogens with one attached hydrogen (secondary N) is 1. The summed E-state index contributed by atoms with van der Waals surface area (Å²) in [6, 6.07) is 5.99. The Morgan fingerprint density at radius 3 is 2.56 bits per heavy atom. The second kappa shape index (κ2) is 6.51. The van der Waals surface area contributed by atoms with Gasteiger partial charge in [-0.05, 0) is 18.4 Å². The van der Waals surface area contributed by atoms with Crippen molar-refractivity contribution in [1.29, 1.82) is 0 Å². The zero-order chi connectivity index (χ0) is 19.2. The second-order valence-electron chi connectivity index (χ2n) is 8.32. The Morgan fingerprint density at radius 2 is 1.89 bits per heavy atom. The molecule has 0 saturated carbocycles. The maximum absolute atomic E-state index is 13.0. The van der Waals surface area contributed by atoms with Gasteiger partial charge in [0.15, 0.2) is 11.5 Å². The molecule has 0 aromatic carbocycles. The zero-order valence-electron chi connectivity index (χ0n) is 16.2. The first kappa shape index (κ1) is 17.8. The van der Waals surface area contributed by atoms with Crippen LogP contribution in [0.25, 0.3) is 0 Å². The molecule has 0 bridgehead atoms. The van der Waals surface area contributed by atoms with E-state index in [-0.39, 0.29) is 17.1 Å². The predicted molar refractivity (Wildman–Crippen MR) is 101 cm³/mol. The number of amides is 1. The third-order valence-corrected chi connectivity index (χ3v) is 5.57. The summed E-state index contributed by atoms with van der Waals surface area (Å²) in [4.78, 5) is 32.9. The summed E-state index contributed by atoms with van der Waals surface area (Å²) in [5.41, 5.74) is 1.22. The largest absolute Gasteiger partial charge is 0.455 e. The first-order valence-corrected chi connectivity index (χ1v) is 9.52. The lowest BCUT2D eigenvalue weighted by atomic mass is 9.76. The molecule has 0 spiro atoms. The minimum atomic E-state index is -0.119. The van der Waals surface area contributed by atoms with Gasteiger partial charge in [-0.3, -0.25) is 14.5 Å². The van der Waals surface area contributed by atoms with Crippen LogP contribution in [-0.4, -0.2) is 42.8 Å². The topological polar surface area (TPSA) is 67.9 Å². The number of piperazine rings is 1. The fourth-order valence-corrected chi connectivity index (χ4v) is 4.16. The van der Waals surface area contributed by atoms with Gasteiger partial charge in [-0.1, -0.05) is 19.9 Å². The van der Waals surface area contributed by atoms with Crippen LogP contribution in [0.4, 0.5) is 5.82 Å². The lowest BCUT2D eigenvalue weighted by Gasteiger charge is -2.30. The number of pyridine rings is 1. The van der Waals surface area contributed by atoms with Crippen molar-refractivity contribution in [2.75, 3.05) is 31.1 Å². The van der Waals surface area contributed by atoms with Gasteiger partial charge in [0.2, 0.25) is 0 Å². The molecule has 1 aliphatic heterocycles. The van der Waals surface area contributed by atoms with Crippen LogP contribution < -0.4 is 9.88 Å². The number of H-pyrrole nitrogens is 1. The summed E-state index contributed by atoms with van der Waals surface area (Å²) in [6.45, 7) is 8.74. The lowest BCUT2D eigenvalue weighted by Crippen LogP contribution is -2.50. The van der Waals surface area contributed by atoms with Crippen molar-refractivity contribution in [3.63, 3.8) is 0 Å². The number of anilines is 1. The molecule has 0 radical (unpaired) electrons. The number of aromatic amines is 1. The molecule has 3 heterocycles. The monoisotopic (exact) mass is 368 g/mol. The van der Waals surface area contributed by atoms with E-state index in [1.807, 2.05) is 36.2 Å². The molecule has 1 saturated heterocycles. The Hall–Kier alpha value is -2.63. The molecular formula is C21H26N3O3+. The van der Waals surface area contributed by atoms with Crippen molar-refractivity contribution < 1.29 is 19.0 Å². The van der Waals surface area contributed by atoms with Crippen LogP contribution in [0.5, 0.6) is 0 Å². The van der Waals surface area contributed by atoms with Gasteiger partial charge in [0.05, 0.1) is 24.8 Å². The number of carbonyl (C=O) groups excluding carboxylic acids is 2. The van der Waals surface area contributed by atoms with Gasteiger partial charge >= 0.3 is 0 Å². The van der Waals surface area contributed by atoms with Crippen LogP contribution in [0.3, 0.4) is 0 Å². The van der Waals surface area contributed by atoms with E-state index in [4.69, 9.17) is 4.42 Å². The molecule has 1 aliphatic carbocycles. The molecule has 0 atom stereocenters. The third-order valence-electron chi connectivity index (χ3n) is 5.57. The van der Waals surface area contributed by atoms with Gasteiger partial charge in [-0.2, -0.15) is 0 Å². The molecule has 1 N–H and O–H groups in total. The highest BCUT2D eigenvalue weighted by Gasteiger charge is 2.38. The summed E-state index contributed by atoms with van der Waals surface area (Å²) < 4.78 is 5.94. The highest BCUT2D eigenvalue weighted by atomic mass is 16.4. The van der Waals surface area contributed by atoms with Gasteiger partial charge in [-0.15, -0.1) is 0 Å². The highest BCUT2D eigenvalue weighted by Crippen LogP contribution is 2.38. The van der Waals surface area contributed by atoms with Crippen LogP contribution in [0.2, 0.25) is 0 Å². The standard InChI is InChI=1S/C21H25N3O3/c1-14-18-15(25)12-21(2,3)13-16(18)27-19(14)20(26)24-10-8-23(9-11-24)17-6-4-5-7-22-17/h4-7H,8-13H2,1-3H3/p+1. The van der Waals surface area contributed by atoms with Crippen LogP contribution in [0.1, 0.15) is 52.5 Å². The zero-order valence-corrected chi connectivity index (χ0v) is 16.2. The number of nitrogens with zero attached hydrogens (tertiary/aromatic N) is 2. The first-order valence-electron chi connectivity index (χ1n) is 9.52. The minimum Gasteiger partial charge on any atom is -0.455 e. The molecule has 142 valence electrons. The number of fused-ring (bicyclic) bond motifs is 1. The lowest BCUT2D eigenvalue weighted by molar-refractivity contribution is -0.364. The van der Waals surface area contributed by atoms with Gasteiger partial charge in [0.25, 0.3) is 11.7 Å². The SMILES string of the molecule is Cc1c(C(=O)N2CCN(c3cccc[nH+]3)CC2)oc2c1C(=O)CC(C)(C)C2. The Kier molecular flexibility index (Phi) is 4.29. The number of hydrogen-bond acceptors (Lipinski definition) is 4. The smallest absolute Gasteiger partial charge is 0.290 e. The number of aromatic nitrogens is 1. The Morgan fingerprint density at radius 1 is 1.15 bits per heavy atom. The van der Waals surface area contributed by atoms with Crippen LogP contribution in [0.15, 0.2) is 28.8 Å². The fraction of sp³-hybridized carbons (Fsp3) is 0.476. The van der Waals surface area contributed by atoms with E-state index in [0.29, 0.717) is 48.6 Å². The predicted octanol–water partition coefficient (Wildman–Crippen LogP) is 2.52. The molecule has 6 heteroatoms. The van der Waals surface area contributed by atoms with Gasteiger partial charge in [0.1, 0.15) is 18.8 Å². The second-order valence-corrected chi connectivity index (χ2v) is 8.32. The van der Waals surface area contributed by atoms with E-state index in [0.717, 1.165) is 18.9 Å². The summed E-state index contributed by atoms with van der Waals surface area (Å²) in [6.07, 6.45) is 3.10. The number of hydrogen-bond donors (Lipinski definition) is 0. The normalized spacial score (nSPS) is 19.1. The molecule has 4 rings (SSSR count). The average molecular weight is 368 g/mol. The molecule has 27 heavy (non-hydrogen) atoms. The third kappa shape index (κ3) is 3.24. The molecule has 1 amide bonds. The summed E-state index contributed by atoms with van der Waals surface area (Å²) in [5.74, 6) is 2.05. The van der Waals surface area contributed by atoms with Crippen molar-refractivity contribution in [3.05, 3.63) is 47.0 Å². The van der Waals surface area contributed by atoms with Crippen molar-refractivity contribution >= 4 is 17.5 Å². The summed E-state index contributed by atoms with van der Waals surface area (Å²) >= 11 is 0. The average Bonchev–Trinajstić information content (AvgIpc) is 2.97. The van der Waals surface area contributed by atoms with Crippen molar-refractivity contribution in [2.45, 2.75) is 33.6 Å². The molecule has 0 unspecified atom stereocenters. The molecule has 1 fully saturated rings. The van der Waals surface area contributed by atoms with E-state index in [1.165, 1.54) is 0 Å². The number of ketones is 1. The van der Waals surface area contributed by atoms with Crippen LogP contribution in [-0.2, 0) is 6.42 Å². The molecule has 6 nitrogen and oxygen atoms in total.